The lowest BCUT2D eigenvalue weighted by Crippen LogP contribution is -2.42. The number of H-pyrrole nitrogens is 2. The number of hydrogen-bond donors (Lipinski definition) is 2. The highest BCUT2D eigenvalue weighted by Gasteiger charge is 2.46. The maximum absolute atomic E-state index is 14.3. The number of nitrogens with zero attached hydrogens (tertiary/aromatic N) is 1. The van der Waals surface area contributed by atoms with Gasteiger partial charge in [0.2, 0.25) is 0 Å². The zero-order valence-electron chi connectivity index (χ0n) is 23.1. The summed E-state index contributed by atoms with van der Waals surface area (Å²) in [6, 6.07) is 25.7. The fraction of sp³-hybridized carbons (Fsp3) is 0.206. The third kappa shape index (κ3) is 3.91. The van der Waals surface area contributed by atoms with Crippen molar-refractivity contribution in [3.8, 4) is 5.75 Å². The molecular formula is C34H29N3O4. The van der Waals surface area contributed by atoms with Crippen LogP contribution in [0.2, 0.25) is 0 Å². The van der Waals surface area contributed by atoms with Gasteiger partial charge >= 0.3 is 5.69 Å². The van der Waals surface area contributed by atoms with E-state index in [-0.39, 0.29) is 11.2 Å². The smallest absolute Gasteiger partial charge is 0.327 e. The number of aromatic nitrogens is 2. The highest BCUT2D eigenvalue weighted by atomic mass is 16.5. The molecule has 1 unspecified atom stereocenters. The summed E-state index contributed by atoms with van der Waals surface area (Å²) in [7, 11) is 1.60. The van der Waals surface area contributed by atoms with E-state index in [1.807, 2.05) is 65.6 Å². The van der Waals surface area contributed by atoms with Crippen LogP contribution >= 0.6 is 0 Å². The monoisotopic (exact) mass is 543 g/mol. The number of ketones is 1. The van der Waals surface area contributed by atoms with Gasteiger partial charge in [-0.2, -0.15) is 0 Å². The van der Waals surface area contributed by atoms with E-state index in [0.29, 0.717) is 35.5 Å². The Kier molecular flexibility index (Phi) is 5.54. The van der Waals surface area contributed by atoms with Crippen LogP contribution in [0.15, 0.2) is 99.7 Å². The molecule has 0 radical (unpaired) electrons. The van der Waals surface area contributed by atoms with E-state index in [9.17, 15) is 14.4 Å². The average Bonchev–Trinajstić information content (AvgIpc) is 2.94. The minimum absolute atomic E-state index is 0.00743. The number of rotatable bonds is 3. The molecule has 5 aromatic rings. The third-order valence-corrected chi connectivity index (χ3v) is 8.36. The number of benzene rings is 4. The SMILES string of the molecule is COc1ccc(N2C3=C(C(=O)CC(C)(C)C3)C(c3c4ccccc4cc4ccccc34)c3c2[nH]c(=O)[nH]c3=O)cc1. The minimum Gasteiger partial charge on any atom is -0.497 e. The van der Waals surface area contributed by atoms with E-state index < -0.39 is 17.2 Å². The van der Waals surface area contributed by atoms with Crippen LogP contribution in [-0.2, 0) is 4.79 Å². The molecule has 0 amide bonds. The molecule has 7 nitrogen and oxygen atoms in total. The van der Waals surface area contributed by atoms with Crippen molar-refractivity contribution in [3.63, 3.8) is 0 Å². The molecule has 0 fully saturated rings. The number of carbonyl (C=O) groups is 1. The molecule has 2 N–H and O–H groups in total. The molecule has 1 aliphatic heterocycles. The highest BCUT2D eigenvalue weighted by molar-refractivity contribution is 6.08. The summed E-state index contributed by atoms with van der Waals surface area (Å²) in [5.41, 5.74) is 1.96. The van der Waals surface area contributed by atoms with Gasteiger partial charge in [0.25, 0.3) is 5.56 Å². The Balaban J connectivity index is 1.65. The van der Waals surface area contributed by atoms with Crippen LogP contribution in [0.5, 0.6) is 5.75 Å². The molecule has 7 rings (SSSR count). The van der Waals surface area contributed by atoms with E-state index in [1.165, 1.54) is 0 Å². The van der Waals surface area contributed by atoms with Crippen molar-refractivity contribution in [2.24, 2.45) is 5.41 Å². The van der Waals surface area contributed by atoms with Gasteiger partial charge in [-0.1, -0.05) is 62.4 Å². The summed E-state index contributed by atoms with van der Waals surface area (Å²) in [5.74, 6) is 0.401. The van der Waals surface area contributed by atoms with E-state index in [4.69, 9.17) is 4.74 Å². The molecule has 1 aliphatic carbocycles. The van der Waals surface area contributed by atoms with Crippen molar-refractivity contribution < 1.29 is 9.53 Å². The average molecular weight is 544 g/mol. The second-order valence-corrected chi connectivity index (χ2v) is 11.7. The fourth-order valence-electron chi connectivity index (χ4n) is 6.70. The van der Waals surface area contributed by atoms with Gasteiger partial charge in [-0.05, 0) is 69.3 Å². The van der Waals surface area contributed by atoms with E-state index in [1.54, 1.807) is 7.11 Å². The highest BCUT2D eigenvalue weighted by Crippen LogP contribution is 2.54. The first kappa shape index (κ1) is 25.1. The van der Waals surface area contributed by atoms with Gasteiger partial charge in [0.05, 0.1) is 12.7 Å². The van der Waals surface area contributed by atoms with Crippen molar-refractivity contribution in [1.82, 2.24) is 9.97 Å². The maximum atomic E-state index is 14.3. The Morgan fingerprint density at radius 1 is 0.805 bits per heavy atom. The van der Waals surface area contributed by atoms with Crippen LogP contribution < -0.4 is 20.9 Å². The number of fused-ring (bicyclic) bond motifs is 3. The van der Waals surface area contributed by atoms with Crippen molar-refractivity contribution in [2.45, 2.75) is 32.6 Å². The summed E-state index contributed by atoms with van der Waals surface area (Å²) in [5, 5.41) is 3.98. The molecule has 0 saturated carbocycles. The normalized spacial score (nSPS) is 18.0. The number of allylic oxidation sites excluding steroid dienone is 2. The summed E-state index contributed by atoms with van der Waals surface area (Å²) in [4.78, 5) is 48.3. The first-order chi connectivity index (χ1) is 19.8. The first-order valence-electron chi connectivity index (χ1n) is 13.7. The summed E-state index contributed by atoms with van der Waals surface area (Å²) < 4.78 is 5.38. The second-order valence-electron chi connectivity index (χ2n) is 11.7. The predicted octanol–water partition coefficient (Wildman–Crippen LogP) is 6.31. The van der Waals surface area contributed by atoms with Crippen LogP contribution in [0.1, 0.15) is 43.7 Å². The van der Waals surface area contributed by atoms with Gasteiger partial charge in [-0.3, -0.25) is 24.5 Å². The Labute approximate surface area is 236 Å². The Morgan fingerprint density at radius 3 is 2.07 bits per heavy atom. The lowest BCUT2D eigenvalue weighted by molar-refractivity contribution is -0.118. The summed E-state index contributed by atoms with van der Waals surface area (Å²) in [6.45, 7) is 4.17. The fourth-order valence-corrected chi connectivity index (χ4v) is 6.70. The minimum atomic E-state index is -0.672. The molecule has 2 aliphatic rings. The Hall–Kier alpha value is -4.91. The van der Waals surface area contributed by atoms with Crippen LogP contribution in [0.3, 0.4) is 0 Å². The zero-order valence-corrected chi connectivity index (χ0v) is 23.1. The quantitative estimate of drug-likeness (QED) is 0.260. The zero-order chi connectivity index (χ0) is 28.5. The molecule has 7 heteroatoms. The Morgan fingerprint density at radius 2 is 1.44 bits per heavy atom. The van der Waals surface area contributed by atoms with Gasteiger partial charge in [-0.25, -0.2) is 4.79 Å². The molecular weight excluding hydrogens is 514 g/mol. The molecule has 4 aromatic carbocycles. The van der Waals surface area contributed by atoms with Gasteiger partial charge < -0.3 is 4.74 Å². The number of methoxy groups -OCH3 is 1. The third-order valence-electron chi connectivity index (χ3n) is 8.36. The maximum Gasteiger partial charge on any atom is 0.327 e. The van der Waals surface area contributed by atoms with Crippen molar-refractivity contribution in [3.05, 3.63) is 122 Å². The van der Waals surface area contributed by atoms with Crippen LogP contribution in [0, 0.1) is 5.41 Å². The number of aromatic amines is 2. The summed E-state index contributed by atoms with van der Waals surface area (Å²) in [6.07, 6.45) is 0.950. The van der Waals surface area contributed by atoms with Gasteiger partial charge in [-0.15, -0.1) is 0 Å². The molecule has 0 bridgehead atoms. The van der Waals surface area contributed by atoms with Crippen LogP contribution in [0.25, 0.3) is 21.5 Å². The second kappa shape index (κ2) is 9.06. The van der Waals surface area contributed by atoms with Crippen LogP contribution in [-0.4, -0.2) is 22.9 Å². The number of Topliss-reactive ketones (excluding diaryl/α,β-unsaturated/α-hetero) is 1. The number of hydrogen-bond acceptors (Lipinski definition) is 5. The van der Waals surface area contributed by atoms with Crippen LogP contribution in [0.4, 0.5) is 11.5 Å². The molecule has 0 spiro atoms. The van der Waals surface area contributed by atoms with Gasteiger partial charge in [0.15, 0.2) is 5.78 Å². The predicted molar refractivity (Wildman–Crippen MR) is 161 cm³/mol. The number of ether oxygens (including phenoxy) is 1. The lowest BCUT2D eigenvalue weighted by atomic mass is 9.67. The van der Waals surface area contributed by atoms with Crippen molar-refractivity contribution in [2.75, 3.05) is 12.0 Å². The first-order valence-corrected chi connectivity index (χ1v) is 13.7. The van der Waals surface area contributed by atoms with E-state index in [0.717, 1.165) is 38.5 Å². The standard InChI is InChI=1S/C34H29N3O4/c1-34(2)17-25-28(26(38)18-34)29(27-23-10-6-4-8-19(23)16-20-9-5-7-11-24(20)27)30-31(35-33(40)36-32(30)39)37(25)21-12-14-22(41-3)15-13-21/h4-16,29H,17-18H2,1-3H3,(H2,35,36,39,40). The van der Waals surface area contributed by atoms with Crippen molar-refractivity contribution in [1.29, 1.82) is 0 Å². The number of carbonyl (C=O) groups excluding carboxylic acids is 1. The largest absolute Gasteiger partial charge is 0.497 e. The lowest BCUT2D eigenvalue weighted by Gasteiger charge is -2.44. The molecule has 41 heavy (non-hydrogen) atoms. The molecule has 1 atom stereocenters. The molecule has 0 saturated heterocycles. The Bertz CT molecular complexity index is 1980. The number of nitrogens with one attached hydrogen (secondary N) is 2. The van der Waals surface area contributed by atoms with Crippen molar-refractivity contribution >= 4 is 38.8 Å². The summed E-state index contributed by atoms with van der Waals surface area (Å²) >= 11 is 0. The molecule has 204 valence electrons. The molecule has 2 heterocycles. The van der Waals surface area contributed by atoms with E-state index in [2.05, 4.69) is 42.0 Å². The molecule has 1 aromatic heterocycles. The topological polar surface area (TPSA) is 95.3 Å². The number of anilines is 2. The van der Waals surface area contributed by atoms with Gasteiger partial charge in [0.1, 0.15) is 11.6 Å². The van der Waals surface area contributed by atoms with E-state index >= 15 is 0 Å². The van der Waals surface area contributed by atoms with Gasteiger partial charge in [0, 0.05) is 29.3 Å².